The SMILES string of the molecule is CN1CCN(CCCc2c(Cl)cc([N+](=O)[O-])cc2Cl)CC1. The number of nitrogens with zero attached hydrogens (tertiary/aromatic N) is 3. The van der Waals surface area contributed by atoms with E-state index in [1.165, 1.54) is 12.1 Å². The Morgan fingerprint density at radius 3 is 2.29 bits per heavy atom. The van der Waals surface area contributed by atoms with Crippen molar-refractivity contribution in [2.45, 2.75) is 12.8 Å². The lowest BCUT2D eigenvalue weighted by atomic mass is 10.1. The lowest BCUT2D eigenvalue weighted by molar-refractivity contribution is -0.384. The van der Waals surface area contributed by atoms with Crippen LogP contribution in [0.1, 0.15) is 12.0 Å². The van der Waals surface area contributed by atoms with Crippen molar-refractivity contribution >= 4 is 28.9 Å². The number of likely N-dealkylation sites (N-methyl/N-ethyl adjacent to an activating group) is 1. The summed E-state index contributed by atoms with van der Waals surface area (Å²) in [6.45, 7) is 5.35. The molecule has 1 aliphatic rings. The second kappa shape index (κ2) is 7.40. The maximum absolute atomic E-state index is 10.7. The Balaban J connectivity index is 1.90. The van der Waals surface area contributed by atoms with E-state index in [-0.39, 0.29) is 5.69 Å². The first-order valence-electron chi connectivity index (χ1n) is 7.00. The van der Waals surface area contributed by atoms with Gasteiger partial charge in [-0.05, 0) is 32.0 Å². The third kappa shape index (κ3) is 4.54. The van der Waals surface area contributed by atoms with Crippen LogP contribution in [0, 0.1) is 10.1 Å². The Hall–Kier alpha value is -0.880. The fourth-order valence-corrected chi connectivity index (χ4v) is 3.15. The normalized spacial score (nSPS) is 17.1. The van der Waals surface area contributed by atoms with Crippen LogP contribution in [0.4, 0.5) is 5.69 Å². The van der Waals surface area contributed by atoms with Crippen molar-refractivity contribution < 1.29 is 4.92 Å². The third-order valence-corrected chi connectivity index (χ3v) is 4.51. The molecule has 0 radical (unpaired) electrons. The average molecular weight is 332 g/mol. The van der Waals surface area contributed by atoms with Crippen LogP contribution in [0.15, 0.2) is 12.1 Å². The number of non-ortho nitro benzene ring substituents is 1. The monoisotopic (exact) mass is 331 g/mol. The van der Waals surface area contributed by atoms with Crippen LogP contribution in [0.5, 0.6) is 0 Å². The van der Waals surface area contributed by atoms with E-state index in [0.717, 1.165) is 51.1 Å². The number of rotatable bonds is 5. The topological polar surface area (TPSA) is 49.6 Å². The van der Waals surface area contributed by atoms with Gasteiger partial charge in [-0.1, -0.05) is 23.2 Å². The van der Waals surface area contributed by atoms with Crippen LogP contribution >= 0.6 is 23.2 Å². The van der Waals surface area contributed by atoms with Gasteiger partial charge in [0, 0.05) is 38.3 Å². The van der Waals surface area contributed by atoms with Crippen molar-refractivity contribution in [3.05, 3.63) is 37.9 Å². The highest BCUT2D eigenvalue weighted by Crippen LogP contribution is 2.31. The zero-order valence-electron chi connectivity index (χ0n) is 12.0. The molecule has 116 valence electrons. The molecule has 1 aliphatic heterocycles. The molecule has 0 aromatic heterocycles. The van der Waals surface area contributed by atoms with E-state index < -0.39 is 4.92 Å². The highest BCUT2D eigenvalue weighted by atomic mass is 35.5. The Morgan fingerprint density at radius 1 is 1.19 bits per heavy atom. The van der Waals surface area contributed by atoms with Crippen LogP contribution in [-0.2, 0) is 6.42 Å². The molecule has 7 heteroatoms. The summed E-state index contributed by atoms with van der Waals surface area (Å²) in [6.07, 6.45) is 1.68. The molecule has 0 amide bonds. The Kier molecular flexibility index (Phi) is 5.81. The molecule has 1 aromatic rings. The molecule has 21 heavy (non-hydrogen) atoms. The van der Waals surface area contributed by atoms with E-state index >= 15 is 0 Å². The predicted molar refractivity (Wildman–Crippen MR) is 85.4 cm³/mol. The smallest absolute Gasteiger partial charge is 0.272 e. The van der Waals surface area contributed by atoms with E-state index in [1.807, 2.05) is 0 Å². The van der Waals surface area contributed by atoms with Gasteiger partial charge in [-0.3, -0.25) is 10.1 Å². The van der Waals surface area contributed by atoms with Crippen molar-refractivity contribution in [2.75, 3.05) is 39.8 Å². The Labute approximate surface area is 134 Å². The predicted octanol–water partition coefficient (Wildman–Crippen LogP) is 3.08. The van der Waals surface area contributed by atoms with Gasteiger partial charge in [0.2, 0.25) is 0 Å². The minimum atomic E-state index is -0.480. The lowest BCUT2D eigenvalue weighted by Gasteiger charge is -2.32. The molecular weight excluding hydrogens is 313 g/mol. The molecule has 0 bridgehead atoms. The molecule has 0 aliphatic carbocycles. The number of hydrogen-bond acceptors (Lipinski definition) is 4. The van der Waals surface area contributed by atoms with Crippen LogP contribution < -0.4 is 0 Å². The number of piperazine rings is 1. The van der Waals surface area contributed by atoms with Crippen molar-refractivity contribution in [3.63, 3.8) is 0 Å². The molecule has 1 aromatic carbocycles. The quantitative estimate of drug-likeness (QED) is 0.614. The number of hydrogen-bond donors (Lipinski definition) is 0. The Morgan fingerprint density at radius 2 is 1.76 bits per heavy atom. The van der Waals surface area contributed by atoms with E-state index in [9.17, 15) is 10.1 Å². The zero-order chi connectivity index (χ0) is 15.4. The van der Waals surface area contributed by atoms with Crippen LogP contribution in [-0.4, -0.2) is 54.5 Å². The summed E-state index contributed by atoms with van der Waals surface area (Å²) in [5.41, 5.74) is 0.742. The molecule has 5 nitrogen and oxygen atoms in total. The second-order valence-corrected chi connectivity index (χ2v) is 6.21. The van der Waals surface area contributed by atoms with Crippen molar-refractivity contribution in [1.29, 1.82) is 0 Å². The highest BCUT2D eigenvalue weighted by Gasteiger charge is 2.16. The van der Waals surface area contributed by atoms with Gasteiger partial charge in [-0.2, -0.15) is 0 Å². The van der Waals surface area contributed by atoms with E-state index in [0.29, 0.717) is 10.0 Å². The molecule has 0 unspecified atom stereocenters. The highest BCUT2D eigenvalue weighted by molar-refractivity contribution is 6.36. The van der Waals surface area contributed by atoms with Crippen molar-refractivity contribution in [2.24, 2.45) is 0 Å². The van der Waals surface area contributed by atoms with Gasteiger partial charge in [-0.15, -0.1) is 0 Å². The molecule has 2 rings (SSSR count). The van der Waals surface area contributed by atoms with Gasteiger partial charge >= 0.3 is 0 Å². The van der Waals surface area contributed by atoms with Crippen LogP contribution in [0.2, 0.25) is 10.0 Å². The molecule has 0 saturated carbocycles. The summed E-state index contributed by atoms with van der Waals surface area (Å²) in [4.78, 5) is 15.0. The Bertz CT molecular complexity index is 494. The summed E-state index contributed by atoms with van der Waals surface area (Å²) in [7, 11) is 2.13. The van der Waals surface area contributed by atoms with Gasteiger partial charge < -0.3 is 9.80 Å². The van der Waals surface area contributed by atoms with E-state index in [2.05, 4.69) is 16.8 Å². The first kappa shape index (κ1) is 16.5. The van der Waals surface area contributed by atoms with Crippen molar-refractivity contribution in [3.8, 4) is 0 Å². The van der Waals surface area contributed by atoms with Gasteiger partial charge in [0.05, 0.1) is 15.0 Å². The number of halogens is 2. The maximum atomic E-state index is 10.7. The van der Waals surface area contributed by atoms with Crippen LogP contribution in [0.3, 0.4) is 0 Å². The fraction of sp³-hybridized carbons (Fsp3) is 0.571. The van der Waals surface area contributed by atoms with E-state index in [1.54, 1.807) is 0 Å². The van der Waals surface area contributed by atoms with Crippen molar-refractivity contribution in [1.82, 2.24) is 9.80 Å². The molecule has 0 N–H and O–H groups in total. The lowest BCUT2D eigenvalue weighted by Crippen LogP contribution is -2.44. The minimum Gasteiger partial charge on any atom is -0.304 e. The molecule has 1 heterocycles. The molecular formula is C14H19Cl2N3O2. The summed E-state index contributed by atoms with van der Waals surface area (Å²) < 4.78 is 0. The average Bonchev–Trinajstić information content (AvgIpc) is 2.43. The molecule has 0 spiro atoms. The summed E-state index contributed by atoms with van der Waals surface area (Å²) in [5.74, 6) is 0. The second-order valence-electron chi connectivity index (χ2n) is 5.39. The third-order valence-electron chi connectivity index (χ3n) is 3.83. The van der Waals surface area contributed by atoms with Gasteiger partial charge in [0.1, 0.15) is 0 Å². The standard InChI is InChI=1S/C14H19Cl2N3O2/c1-17-5-7-18(8-6-17)4-2-3-12-13(15)9-11(19(20)21)10-14(12)16/h9-10H,2-8H2,1H3. The van der Waals surface area contributed by atoms with Gasteiger partial charge in [0.15, 0.2) is 0 Å². The van der Waals surface area contributed by atoms with E-state index in [4.69, 9.17) is 23.2 Å². The first-order chi connectivity index (χ1) is 9.97. The zero-order valence-corrected chi connectivity index (χ0v) is 13.5. The number of nitro benzene ring substituents is 1. The maximum Gasteiger partial charge on any atom is 0.272 e. The van der Waals surface area contributed by atoms with Crippen LogP contribution in [0.25, 0.3) is 0 Å². The molecule has 0 atom stereocenters. The van der Waals surface area contributed by atoms with Gasteiger partial charge in [-0.25, -0.2) is 0 Å². The minimum absolute atomic E-state index is 0.0622. The summed E-state index contributed by atoms with van der Waals surface area (Å²) >= 11 is 12.2. The summed E-state index contributed by atoms with van der Waals surface area (Å²) in [5, 5.41) is 11.5. The number of benzene rings is 1. The molecule has 1 fully saturated rings. The molecule has 1 saturated heterocycles. The number of nitro groups is 1. The summed E-state index contributed by atoms with van der Waals surface area (Å²) in [6, 6.07) is 2.75. The largest absolute Gasteiger partial charge is 0.304 e. The van der Waals surface area contributed by atoms with Gasteiger partial charge in [0.25, 0.3) is 5.69 Å². The fourth-order valence-electron chi connectivity index (χ4n) is 2.48. The first-order valence-corrected chi connectivity index (χ1v) is 7.76.